The van der Waals surface area contributed by atoms with Gasteiger partial charge in [-0.1, -0.05) is 12.1 Å². The van der Waals surface area contributed by atoms with Gasteiger partial charge in [0.1, 0.15) is 37.4 Å². The molecule has 0 bridgehead atoms. The predicted molar refractivity (Wildman–Crippen MR) is 90.8 cm³/mol. The van der Waals surface area contributed by atoms with Gasteiger partial charge in [-0.15, -0.1) is 0 Å². The number of ether oxygens (including phenoxy) is 3. The topological polar surface area (TPSA) is 143 Å². The predicted octanol–water partition coefficient (Wildman–Crippen LogP) is 0.609. The van der Waals surface area contributed by atoms with Crippen molar-refractivity contribution >= 4 is 11.9 Å². The van der Waals surface area contributed by atoms with Crippen LogP contribution in [0, 0.1) is 0 Å². The molecule has 0 amide bonds. The van der Waals surface area contributed by atoms with Crippen LogP contribution in [0.25, 0.3) is 0 Å². The van der Waals surface area contributed by atoms with E-state index >= 15 is 0 Å². The largest absolute Gasteiger partial charge is 0.481 e. The van der Waals surface area contributed by atoms with Crippen molar-refractivity contribution < 1.29 is 57.4 Å². The lowest BCUT2D eigenvalue weighted by molar-refractivity contribution is -0.311. The molecule has 1 saturated heterocycles. The second-order valence-electron chi connectivity index (χ2n) is 6.67. The number of aliphatic hydroxyl groups excluding tert-OH is 3. The molecule has 4 N–H and O–H groups in total. The molecule has 0 spiro atoms. The molecule has 1 unspecified atom stereocenters. The highest BCUT2D eigenvalue weighted by Gasteiger charge is 2.45. The third-order valence-corrected chi connectivity index (χ3v) is 4.39. The summed E-state index contributed by atoms with van der Waals surface area (Å²) in [6, 6.07) is 4.28. The van der Waals surface area contributed by atoms with Crippen LogP contribution in [-0.4, -0.2) is 69.7 Å². The number of aliphatic hydroxyl groups is 3. The third-order valence-electron chi connectivity index (χ3n) is 4.39. The molecule has 2 rings (SSSR count). The maximum absolute atomic E-state index is 12.9. The summed E-state index contributed by atoms with van der Waals surface area (Å²) in [7, 11) is 0. The molecule has 9 nitrogen and oxygen atoms in total. The zero-order chi connectivity index (χ0) is 22.6. The van der Waals surface area contributed by atoms with E-state index < -0.39 is 73.5 Å². The van der Waals surface area contributed by atoms with Gasteiger partial charge in [0.15, 0.2) is 6.29 Å². The first-order chi connectivity index (χ1) is 13.9. The third kappa shape index (κ3) is 6.12. The van der Waals surface area contributed by atoms with Crippen molar-refractivity contribution in [1.82, 2.24) is 0 Å². The Morgan fingerprint density at radius 3 is 2.43 bits per heavy atom. The molecule has 1 aromatic carbocycles. The van der Waals surface area contributed by atoms with E-state index in [1.807, 2.05) is 0 Å². The van der Waals surface area contributed by atoms with Crippen LogP contribution in [0.5, 0.6) is 0 Å². The maximum Gasteiger partial charge on any atom is 0.416 e. The van der Waals surface area contributed by atoms with Crippen LogP contribution in [0.1, 0.15) is 30.6 Å². The molecule has 0 saturated carbocycles. The number of hydrogen-bond donors (Lipinski definition) is 4. The van der Waals surface area contributed by atoms with Gasteiger partial charge in [0.25, 0.3) is 0 Å². The smallest absolute Gasteiger partial charge is 0.416 e. The Labute approximate surface area is 168 Å². The van der Waals surface area contributed by atoms with Crippen molar-refractivity contribution in [2.75, 3.05) is 6.61 Å². The van der Waals surface area contributed by atoms with Gasteiger partial charge in [0, 0.05) is 0 Å². The van der Waals surface area contributed by atoms with Gasteiger partial charge in [0.05, 0.1) is 11.7 Å². The highest BCUT2D eigenvalue weighted by atomic mass is 19.4. The lowest BCUT2D eigenvalue weighted by Gasteiger charge is -2.40. The Morgan fingerprint density at radius 2 is 1.83 bits per heavy atom. The fourth-order valence-electron chi connectivity index (χ4n) is 2.76. The van der Waals surface area contributed by atoms with Crippen molar-refractivity contribution in [2.45, 2.75) is 56.3 Å². The number of carboxylic acids is 1. The summed E-state index contributed by atoms with van der Waals surface area (Å²) in [5.41, 5.74) is -0.787. The van der Waals surface area contributed by atoms with Crippen LogP contribution in [0.15, 0.2) is 24.3 Å². The van der Waals surface area contributed by atoms with Gasteiger partial charge in [-0.05, 0) is 24.6 Å². The number of benzene rings is 1. The highest BCUT2D eigenvalue weighted by Crippen LogP contribution is 2.33. The van der Waals surface area contributed by atoms with E-state index in [9.17, 15) is 38.1 Å². The maximum atomic E-state index is 12.9. The summed E-state index contributed by atoms with van der Waals surface area (Å²) in [4.78, 5) is 21.8. The van der Waals surface area contributed by atoms with Crippen molar-refractivity contribution in [2.24, 2.45) is 0 Å². The molecule has 1 heterocycles. The van der Waals surface area contributed by atoms with E-state index in [4.69, 9.17) is 14.6 Å². The monoisotopic (exact) mass is 438 g/mol. The molecule has 1 aliphatic rings. The lowest BCUT2D eigenvalue weighted by Crippen LogP contribution is -2.59. The van der Waals surface area contributed by atoms with Gasteiger partial charge in [-0.2, -0.15) is 13.2 Å². The van der Waals surface area contributed by atoms with Crippen LogP contribution in [0.4, 0.5) is 13.2 Å². The minimum atomic E-state index is -4.57. The summed E-state index contributed by atoms with van der Waals surface area (Å²) >= 11 is 0. The minimum absolute atomic E-state index is 0.116. The second-order valence-corrected chi connectivity index (χ2v) is 6.67. The number of carboxylic acid groups (broad SMARTS) is 1. The Morgan fingerprint density at radius 1 is 1.17 bits per heavy atom. The molecule has 0 aliphatic carbocycles. The zero-order valence-electron chi connectivity index (χ0n) is 15.7. The molecule has 0 aromatic heterocycles. The minimum Gasteiger partial charge on any atom is -0.481 e. The fraction of sp³-hybridized carbons (Fsp3) is 0.556. The number of esters is 1. The summed E-state index contributed by atoms with van der Waals surface area (Å²) in [5, 5.41) is 38.6. The summed E-state index contributed by atoms with van der Waals surface area (Å²) in [5.74, 6) is -2.55. The van der Waals surface area contributed by atoms with E-state index in [-0.39, 0.29) is 5.56 Å². The molecular weight excluding hydrogens is 417 g/mol. The van der Waals surface area contributed by atoms with E-state index in [0.29, 0.717) is 0 Å². The van der Waals surface area contributed by atoms with Crippen LogP contribution in [0.2, 0.25) is 0 Å². The summed E-state index contributed by atoms with van der Waals surface area (Å²) in [6.07, 6.45) is -14.7. The number of hydrogen-bond acceptors (Lipinski definition) is 8. The van der Waals surface area contributed by atoms with Gasteiger partial charge in [0.2, 0.25) is 0 Å². The van der Waals surface area contributed by atoms with Crippen molar-refractivity contribution in [3.63, 3.8) is 0 Å². The van der Waals surface area contributed by atoms with Gasteiger partial charge < -0.3 is 34.6 Å². The normalized spacial score (nSPS) is 28.0. The van der Waals surface area contributed by atoms with Crippen LogP contribution in [0.3, 0.4) is 0 Å². The van der Waals surface area contributed by atoms with E-state index in [1.54, 1.807) is 0 Å². The average molecular weight is 438 g/mol. The Balaban J connectivity index is 2.06. The van der Waals surface area contributed by atoms with Crippen molar-refractivity contribution in [3.8, 4) is 0 Å². The number of alkyl halides is 3. The molecule has 1 aliphatic heterocycles. The number of aliphatic carboxylic acids is 1. The van der Waals surface area contributed by atoms with E-state index in [0.717, 1.165) is 12.1 Å². The van der Waals surface area contributed by atoms with Crippen LogP contribution < -0.4 is 0 Å². The van der Waals surface area contributed by atoms with Gasteiger partial charge in [-0.3, -0.25) is 9.59 Å². The molecule has 0 radical (unpaired) electrons. The fourth-order valence-corrected chi connectivity index (χ4v) is 2.76. The van der Waals surface area contributed by atoms with Gasteiger partial charge >= 0.3 is 18.1 Å². The molecule has 12 heteroatoms. The van der Waals surface area contributed by atoms with Crippen molar-refractivity contribution in [1.29, 1.82) is 0 Å². The van der Waals surface area contributed by atoms with Gasteiger partial charge in [-0.25, -0.2) is 0 Å². The lowest BCUT2D eigenvalue weighted by atomic mass is 9.99. The molecule has 30 heavy (non-hydrogen) atoms. The van der Waals surface area contributed by atoms with Crippen molar-refractivity contribution in [3.05, 3.63) is 35.4 Å². The average Bonchev–Trinajstić information content (AvgIpc) is 2.66. The molecular formula is C18H21F3O9. The molecule has 168 valence electrons. The Hall–Kier alpha value is -2.25. The molecule has 1 aromatic rings. The molecule has 1 fully saturated rings. The quantitative estimate of drug-likeness (QED) is 0.356. The summed E-state index contributed by atoms with van der Waals surface area (Å²) in [6.45, 7) is 0.750. The van der Waals surface area contributed by atoms with Crippen LogP contribution >= 0.6 is 0 Å². The Bertz CT molecular complexity index is 755. The number of halogens is 3. The Kier molecular flexibility index (Phi) is 7.77. The first-order valence-corrected chi connectivity index (χ1v) is 8.80. The number of carbonyl (C=O) groups excluding carboxylic acids is 1. The van der Waals surface area contributed by atoms with Crippen LogP contribution in [-0.2, 0) is 30.0 Å². The molecule has 6 atom stereocenters. The van der Waals surface area contributed by atoms with E-state index in [1.165, 1.54) is 19.1 Å². The zero-order valence-corrected chi connectivity index (χ0v) is 15.7. The second kappa shape index (κ2) is 9.71. The first kappa shape index (κ1) is 24.0. The first-order valence-electron chi connectivity index (χ1n) is 8.80. The number of carbonyl (C=O) groups is 2. The standard InChI is InChI=1S/C18H21F3O9/c1-8(9-3-2-4-10(5-9)18(19,20)21)29-17-16(27)15(26)14(25)11(30-17)7-28-13(24)6-12(22)23/h2-5,8,11,14-17,25-27H,6-7H2,1H3,(H,22,23)/t8?,11-,14-,15+,16-,17-/m1/s1. The highest BCUT2D eigenvalue weighted by molar-refractivity contribution is 5.90. The summed E-state index contributed by atoms with van der Waals surface area (Å²) < 4.78 is 54.0. The number of rotatable bonds is 7. The van der Waals surface area contributed by atoms with E-state index in [2.05, 4.69) is 4.74 Å². The SMILES string of the molecule is CC(O[C@@H]1O[C@H](COC(=O)CC(=O)O)[C@@H](O)[C@H](O)[C@H]1O)c1cccc(C(F)(F)F)c1.